The summed E-state index contributed by atoms with van der Waals surface area (Å²) in [6, 6.07) is 5.00. The number of nitrogens with zero attached hydrogens (tertiary/aromatic N) is 3. The first-order valence-corrected chi connectivity index (χ1v) is 14.5. The molecule has 1 aromatic carbocycles. The molecule has 5 rings (SSSR count). The summed E-state index contributed by atoms with van der Waals surface area (Å²) < 4.78 is 32.9. The number of hydrogen-bond acceptors (Lipinski definition) is 8. The molecule has 1 aliphatic carbocycles. The number of aryl methyl sites for hydroxylation is 3. The molecule has 1 N–H and O–H groups in total. The Morgan fingerprint density at radius 1 is 1.21 bits per heavy atom. The van der Waals surface area contributed by atoms with Gasteiger partial charge in [0.15, 0.2) is 0 Å². The second kappa shape index (κ2) is 9.90. The van der Waals surface area contributed by atoms with Crippen LogP contribution in [0.2, 0.25) is 0 Å². The molecule has 11 heteroatoms. The van der Waals surface area contributed by atoms with Crippen molar-refractivity contribution >= 4 is 54.9 Å². The van der Waals surface area contributed by atoms with Crippen LogP contribution in [-0.4, -0.2) is 60.7 Å². The molecule has 0 atom stereocenters. The zero-order valence-electron chi connectivity index (χ0n) is 18.9. The highest BCUT2D eigenvalue weighted by molar-refractivity contribution is 8.00. The van der Waals surface area contributed by atoms with Gasteiger partial charge in [-0.15, -0.1) is 11.3 Å². The molecule has 0 unspecified atom stereocenters. The van der Waals surface area contributed by atoms with Gasteiger partial charge in [0, 0.05) is 29.0 Å². The lowest BCUT2D eigenvalue weighted by molar-refractivity contribution is -0.113. The largest absolute Gasteiger partial charge is 0.379 e. The van der Waals surface area contributed by atoms with Crippen LogP contribution in [0, 0.1) is 6.92 Å². The molecule has 3 heterocycles. The number of hydrogen-bond donors (Lipinski definition) is 1. The third kappa shape index (κ3) is 4.72. The van der Waals surface area contributed by atoms with Gasteiger partial charge in [-0.1, -0.05) is 17.8 Å². The van der Waals surface area contributed by atoms with Crippen molar-refractivity contribution in [2.45, 2.75) is 42.5 Å². The Morgan fingerprint density at radius 2 is 2.00 bits per heavy atom. The van der Waals surface area contributed by atoms with Gasteiger partial charge in [0.25, 0.3) is 0 Å². The van der Waals surface area contributed by atoms with Crippen molar-refractivity contribution in [2.75, 3.05) is 37.4 Å². The highest BCUT2D eigenvalue weighted by Gasteiger charge is 2.28. The molecule has 2 aromatic heterocycles. The molecule has 2 aliphatic rings. The predicted octanol–water partition coefficient (Wildman–Crippen LogP) is 3.63. The summed E-state index contributed by atoms with van der Waals surface area (Å²) in [4.78, 5) is 24.2. The molecular formula is C23H26N4O4S3. The number of rotatable bonds is 6. The van der Waals surface area contributed by atoms with E-state index in [0.717, 1.165) is 28.1 Å². The molecule has 1 fully saturated rings. The van der Waals surface area contributed by atoms with Gasteiger partial charge < -0.3 is 10.1 Å². The van der Waals surface area contributed by atoms with Crippen LogP contribution in [0.4, 0.5) is 5.69 Å². The van der Waals surface area contributed by atoms with Gasteiger partial charge in [-0.3, -0.25) is 4.79 Å². The van der Waals surface area contributed by atoms with E-state index >= 15 is 0 Å². The third-order valence-electron chi connectivity index (χ3n) is 6.12. The van der Waals surface area contributed by atoms with Crippen molar-refractivity contribution in [3.05, 3.63) is 40.5 Å². The molecular weight excluding hydrogens is 492 g/mol. The van der Waals surface area contributed by atoms with Gasteiger partial charge in [-0.2, -0.15) is 4.31 Å². The summed E-state index contributed by atoms with van der Waals surface area (Å²) in [6.45, 7) is 3.19. The average molecular weight is 519 g/mol. The molecule has 1 aliphatic heterocycles. The fourth-order valence-corrected chi connectivity index (χ4v) is 8.16. The van der Waals surface area contributed by atoms with E-state index in [1.54, 1.807) is 42.8 Å². The number of fused-ring (bicyclic) bond motifs is 3. The van der Waals surface area contributed by atoms with Crippen molar-refractivity contribution in [3.63, 3.8) is 0 Å². The molecule has 34 heavy (non-hydrogen) atoms. The van der Waals surface area contributed by atoms with E-state index in [0.29, 0.717) is 37.6 Å². The summed E-state index contributed by atoms with van der Waals surface area (Å²) in [7, 11) is -3.65. The first kappa shape index (κ1) is 23.7. The standard InChI is InChI=1S/C23H26N4O4S3/c1-15-6-7-16(12-19(15)34(29,30)27-8-10-31-11-9-27)26-20(28)13-32-22-21-17-4-2-3-5-18(17)33-23(21)25-14-24-22/h6-7,12,14H,2-5,8-11,13H2,1H3,(H,26,28). The first-order chi connectivity index (χ1) is 16.4. The van der Waals surface area contributed by atoms with E-state index in [4.69, 9.17) is 4.74 Å². The van der Waals surface area contributed by atoms with Crippen LogP contribution in [0.5, 0.6) is 0 Å². The summed E-state index contributed by atoms with van der Waals surface area (Å²) in [5.74, 6) is -0.0321. The van der Waals surface area contributed by atoms with Crippen LogP contribution in [0.3, 0.4) is 0 Å². The molecule has 0 bridgehead atoms. The lowest BCUT2D eigenvalue weighted by Gasteiger charge is -2.26. The second-order valence-corrected chi connectivity index (χ2v) is 12.4. The van der Waals surface area contributed by atoms with E-state index in [-0.39, 0.29) is 16.6 Å². The van der Waals surface area contributed by atoms with Crippen LogP contribution in [-0.2, 0) is 32.4 Å². The number of nitrogens with one attached hydrogen (secondary N) is 1. The molecule has 0 saturated carbocycles. The van der Waals surface area contributed by atoms with E-state index in [9.17, 15) is 13.2 Å². The number of morpholine rings is 1. The lowest BCUT2D eigenvalue weighted by atomic mass is 9.97. The molecule has 1 saturated heterocycles. The number of carbonyl (C=O) groups excluding carboxylic acids is 1. The van der Waals surface area contributed by atoms with Gasteiger partial charge >= 0.3 is 0 Å². The summed E-state index contributed by atoms with van der Waals surface area (Å²) in [6.07, 6.45) is 6.06. The summed E-state index contributed by atoms with van der Waals surface area (Å²) >= 11 is 3.13. The quantitative estimate of drug-likeness (QED) is 0.393. The number of benzene rings is 1. The second-order valence-electron chi connectivity index (χ2n) is 8.40. The number of amides is 1. The van der Waals surface area contributed by atoms with Gasteiger partial charge in [-0.25, -0.2) is 18.4 Å². The fraction of sp³-hybridized carbons (Fsp3) is 0.435. The van der Waals surface area contributed by atoms with Gasteiger partial charge in [0.2, 0.25) is 15.9 Å². The Kier molecular flexibility index (Phi) is 6.90. The topological polar surface area (TPSA) is 101 Å². The Morgan fingerprint density at radius 3 is 2.82 bits per heavy atom. The number of thioether (sulfide) groups is 1. The van der Waals surface area contributed by atoms with E-state index in [2.05, 4.69) is 15.3 Å². The zero-order valence-corrected chi connectivity index (χ0v) is 21.3. The van der Waals surface area contributed by atoms with Crippen molar-refractivity contribution in [3.8, 4) is 0 Å². The normalized spacial score (nSPS) is 17.0. The maximum atomic E-state index is 13.1. The maximum Gasteiger partial charge on any atom is 0.243 e. The average Bonchev–Trinajstić information content (AvgIpc) is 3.24. The van der Waals surface area contributed by atoms with E-state index < -0.39 is 10.0 Å². The molecule has 180 valence electrons. The molecule has 0 spiro atoms. The Hall–Kier alpha value is -2.05. The van der Waals surface area contributed by atoms with Crippen LogP contribution in [0.25, 0.3) is 10.2 Å². The van der Waals surface area contributed by atoms with Crippen molar-refractivity contribution < 1.29 is 17.9 Å². The van der Waals surface area contributed by atoms with Crippen molar-refractivity contribution in [1.82, 2.24) is 14.3 Å². The summed E-state index contributed by atoms with van der Waals surface area (Å²) in [5.41, 5.74) is 2.44. The van der Waals surface area contributed by atoms with Crippen LogP contribution in [0.1, 0.15) is 28.8 Å². The molecule has 0 radical (unpaired) electrons. The van der Waals surface area contributed by atoms with Gasteiger partial charge in [-0.05, 0) is 55.9 Å². The third-order valence-corrected chi connectivity index (χ3v) is 10.3. The van der Waals surface area contributed by atoms with E-state index in [1.165, 1.54) is 39.3 Å². The van der Waals surface area contributed by atoms with E-state index in [1.807, 2.05) is 0 Å². The molecule has 3 aromatic rings. The fourth-order valence-electron chi connectivity index (χ4n) is 4.38. The molecule has 8 nitrogen and oxygen atoms in total. The minimum absolute atomic E-state index is 0.177. The zero-order chi connectivity index (χ0) is 23.7. The Bertz CT molecular complexity index is 1330. The number of thiophene rings is 1. The predicted molar refractivity (Wildman–Crippen MR) is 134 cm³/mol. The first-order valence-electron chi connectivity index (χ1n) is 11.3. The Labute approximate surface area is 207 Å². The number of ether oxygens (including phenoxy) is 1. The smallest absolute Gasteiger partial charge is 0.243 e. The maximum absolute atomic E-state index is 13.1. The number of aromatic nitrogens is 2. The monoisotopic (exact) mass is 518 g/mol. The van der Waals surface area contributed by atoms with Crippen molar-refractivity contribution in [1.29, 1.82) is 0 Å². The van der Waals surface area contributed by atoms with Gasteiger partial charge in [0.1, 0.15) is 16.2 Å². The summed E-state index contributed by atoms with van der Waals surface area (Å²) in [5, 5.41) is 4.78. The molecule has 1 amide bonds. The lowest BCUT2D eigenvalue weighted by Crippen LogP contribution is -2.40. The minimum atomic E-state index is -3.65. The highest BCUT2D eigenvalue weighted by Crippen LogP contribution is 2.39. The van der Waals surface area contributed by atoms with Crippen LogP contribution < -0.4 is 5.32 Å². The SMILES string of the molecule is Cc1ccc(NC(=O)CSc2ncnc3sc4c(c23)CCCC4)cc1S(=O)(=O)N1CCOCC1. The highest BCUT2D eigenvalue weighted by atomic mass is 32.2. The van der Waals surface area contributed by atoms with Crippen LogP contribution >= 0.6 is 23.1 Å². The number of anilines is 1. The van der Waals surface area contributed by atoms with Crippen molar-refractivity contribution in [2.24, 2.45) is 0 Å². The number of carbonyl (C=O) groups is 1. The minimum Gasteiger partial charge on any atom is -0.379 e. The van der Waals surface area contributed by atoms with Crippen LogP contribution in [0.15, 0.2) is 34.4 Å². The Balaban J connectivity index is 1.30. The number of sulfonamides is 1. The van der Waals surface area contributed by atoms with Gasteiger partial charge in [0.05, 0.1) is 23.9 Å².